The van der Waals surface area contributed by atoms with E-state index in [1.165, 1.54) is 16.7 Å². The number of carbonyl (C=O) groups excluding carboxylic acids is 3. The minimum atomic E-state index is -0.941. The maximum Gasteiger partial charge on any atom is 0.334 e. The summed E-state index contributed by atoms with van der Waals surface area (Å²) < 4.78 is 16.8. The van der Waals surface area contributed by atoms with E-state index in [0.717, 1.165) is 5.56 Å². The van der Waals surface area contributed by atoms with E-state index < -0.39 is 35.3 Å². The lowest BCUT2D eigenvalue weighted by atomic mass is 9.97. The molecule has 0 saturated carbocycles. The fourth-order valence-corrected chi connectivity index (χ4v) is 4.99. The van der Waals surface area contributed by atoms with Crippen molar-refractivity contribution in [2.75, 3.05) is 13.2 Å². The monoisotopic (exact) mass is 446 g/mol. The molecule has 9 heteroatoms. The minimum Gasteiger partial charge on any atom is -0.458 e. The van der Waals surface area contributed by atoms with Crippen LogP contribution in [0, 0.1) is 0 Å². The Morgan fingerprint density at radius 2 is 1.87 bits per heavy atom. The predicted molar refractivity (Wildman–Crippen MR) is 114 cm³/mol. The van der Waals surface area contributed by atoms with E-state index in [-0.39, 0.29) is 18.2 Å². The number of fused-ring (bicyclic) bond motifs is 1. The van der Waals surface area contributed by atoms with Crippen molar-refractivity contribution < 1.29 is 28.6 Å². The number of rotatable bonds is 5. The number of nitrogens with one attached hydrogen (secondary N) is 1. The Hall–Kier alpha value is -2.36. The average molecular weight is 447 g/mol. The number of thioether (sulfide) groups is 1. The van der Waals surface area contributed by atoms with Crippen LogP contribution in [0.3, 0.4) is 0 Å². The van der Waals surface area contributed by atoms with Gasteiger partial charge in [0.25, 0.3) is 0 Å². The van der Waals surface area contributed by atoms with Crippen LogP contribution in [-0.2, 0) is 35.0 Å². The quantitative estimate of drug-likeness (QED) is 0.542. The highest BCUT2D eigenvalue weighted by Gasteiger charge is 2.57. The van der Waals surface area contributed by atoms with Crippen LogP contribution < -0.4 is 5.32 Å². The van der Waals surface area contributed by atoms with Crippen LogP contribution in [0.2, 0.25) is 0 Å². The highest BCUT2D eigenvalue weighted by Crippen LogP contribution is 2.42. The maximum atomic E-state index is 13.0. The molecule has 2 saturated heterocycles. The highest BCUT2D eigenvalue weighted by atomic mass is 32.2. The van der Waals surface area contributed by atoms with Gasteiger partial charge in [-0.1, -0.05) is 30.3 Å². The molecule has 31 heavy (non-hydrogen) atoms. The number of ether oxygens (including phenoxy) is 3. The molecule has 0 spiro atoms. The van der Waals surface area contributed by atoms with Crippen LogP contribution in [0.5, 0.6) is 0 Å². The average Bonchev–Trinajstić information content (AvgIpc) is 3.25. The van der Waals surface area contributed by atoms with Gasteiger partial charge in [0.15, 0.2) is 12.3 Å². The highest BCUT2D eigenvalue weighted by molar-refractivity contribution is 8.03. The van der Waals surface area contributed by atoms with Gasteiger partial charge >= 0.3 is 5.97 Å². The molecule has 1 aromatic carbocycles. The van der Waals surface area contributed by atoms with Gasteiger partial charge < -0.3 is 24.4 Å². The van der Waals surface area contributed by atoms with E-state index in [4.69, 9.17) is 14.2 Å². The van der Waals surface area contributed by atoms with E-state index in [2.05, 4.69) is 5.32 Å². The number of carbonyl (C=O) groups is 3. The summed E-state index contributed by atoms with van der Waals surface area (Å²) in [6.45, 7) is 6.16. The first-order valence-electron chi connectivity index (χ1n) is 10.2. The fourth-order valence-electron chi connectivity index (χ4n) is 3.76. The molecule has 0 radical (unpaired) electrons. The summed E-state index contributed by atoms with van der Waals surface area (Å²) in [6.07, 6.45) is -0.506. The van der Waals surface area contributed by atoms with Gasteiger partial charge in [-0.05, 0) is 31.7 Å². The molecule has 8 nitrogen and oxygen atoms in total. The Morgan fingerprint density at radius 3 is 2.52 bits per heavy atom. The van der Waals surface area contributed by atoms with Gasteiger partial charge in [-0.15, -0.1) is 11.8 Å². The lowest BCUT2D eigenvalue weighted by Gasteiger charge is -2.52. The second kappa shape index (κ2) is 8.64. The summed E-state index contributed by atoms with van der Waals surface area (Å²) in [6, 6.07) is 7.68. The predicted octanol–water partition coefficient (Wildman–Crippen LogP) is 1.60. The first kappa shape index (κ1) is 21.9. The van der Waals surface area contributed by atoms with Gasteiger partial charge in [0.2, 0.25) is 11.8 Å². The van der Waals surface area contributed by atoms with Crippen molar-refractivity contribution in [3.63, 3.8) is 0 Å². The van der Waals surface area contributed by atoms with Crippen LogP contribution in [0.4, 0.5) is 0 Å². The largest absolute Gasteiger partial charge is 0.458 e. The minimum absolute atomic E-state index is 0.183. The molecular formula is C22H26N2O6S. The fraction of sp³-hybridized carbons (Fsp3) is 0.500. The molecule has 3 atom stereocenters. The number of benzene rings is 1. The Balaban J connectivity index is 1.50. The van der Waals surface area contributed by atoms with E-state index in [1.54, 1.807) is 26.2 Å². The van der Waals surface area contributed by atoms with Gasteiger partial charge in [0.1, 0.15) is 17.0 Å². The van der Waals surface area contributed by atoms with Crippen molar-refractivity contribution in [3.8, 4) is 0 Å². The van der Waals surface area contributed by atoms with Gasteiger partial charge in [-0.25, -0.2) is 4.79 Å². The van der Waals surface area contributed by atoms with E-state index in [0.29, 0.717) is 18.8 Å². The number of β-lactam (4-membered cyclic amide) rings is 1. The standard InChI is InChI=1S/C22H26N2O6S/c1-22(2,3)30-20(27)17-14(21-28-9-10-29-21)12-31-19-16(18(26)24(17)19)23-15(25)11-13-7-5-4-6-8-13/h4-8,12,16-17,19,21H,9-11H2,1-3H3,(H,23,25)/t16?,17?,19-/m0/s1. The summed E-state index contributed by atoms with van der Waals surface area (Å²) in [5, 5.41) is 4.22. The SMILES string of the molecule is CC(C)(C)OC(=O)C1C(C2OCCO2)=CS[C@H]2C(NC(=O)Cc3ccccc3)C(=O)N12. The van der Waals surface area contributed by atoms with Crippen LogP contribution in [-0.4, -0.2) is 65.2 Å². The zero-order valence-electron chi connectivity index (χ0n) is 17.7. The number of esters is 1. The number of hydrogen-bond acceptors (Lipinski definition) is 7. The molecule has 2 unspecified atom stereocenters. The molecular weight excluding hydrogens is 420 g/mol. The normalized spacial score (nSPS) is 26.0. The molecule has 0 aliphatic carbocycles. The number of nitrogens with zero attached hydrogens (tertiary/aromatic N) is 1. The second-order valence-electron chi connectivity index (χ2n) is 8.61. The summed E-state index contributed by atoms with van der Waals surface area (Å²) in [5.41, 5.74) is 0.705. The van der Waals surface area contributed by atoms with Crippen molar-refractivity contribution >= 4 is 29.5 Å². The molecule has 3 aliphatic rings. The molecule has 1 aromatic rings. The zero-order chi connectivity index (χ0) is 22.2. The number of amides is 2. The first-order valence-corrected chi connectivity index (χ1v) is 11.2. The van der Waals surface area contributed by atoms with E-state index in [9.17, 15) is 14.4 Å². The molecule has 166 valence electrons. The molecule has 0 bridgehead atoms. The zero-order valence-corrected chi connectivity index (χ0v) is 18.5. The Kier molecular flexibility index (Phi) is 6.09. The Bertz CT molecular complexity index is 891. The van der Waals surface area contributed by atoms with Gasteiger partial charge in [0, 0.05) is 5.57 Å². The molecule has 3 aliphatic heterocycles. The smallest absolute Gasteiger partial charge is 0.334 e. The van der Waals surface area contributed by atoms with E-state index >= 15 is 0 Å². The van der Waals surface area contributed by atoms with Gasteiger partial charge in [0.05, 0.1) is 19.6 Å². The lowest BCUT2D eigenvalue weighted by Crippen LogP contribution is -2.74. The summed E-state index contributed by atoms with van der Waals surface area (Å²) in [7, 11) is 0. The molecule has 3 heterocycles. The van der Waals surface area contributed by atoms with Crippen molar-refractivity contribution in [2.45, 2.75) is 56.5 Å². The third kappa shape index (κ3) is 4.63. The summed E-state index contributed by atoms with van der Waals surface area (Å²) in [5.74, 6) is -1.10. The van der Waals surface area contributed by atoms with E-state index in [1.807, 2.05) is 30.3 Å². The first-order chi connectivity index (χ1) is 14.7. The van der Waals surface area contributed by atoms with Crippen LogP contribution in [0.1, 0.15) is 26.3 Å². The molecule has 0 aromatic heterocycles. The van der Waals surface area contributed by atoms with Crippen LogP contribution in [0.15, 0.2) is 41.3 Å². The molecule has 2 fully saturated rings. The Morgan fingerprint density at radius 1 is 1.19 bits per heavy atom. The number of hydrogen-bond donors (Lipinski definition) is 1. The van der Waals surface area contributed by atoms with Crippen LogP contribution in [0.25, 0.3) is 0 Å². The Labute approximate surface area is 185 Å². The lowest BCUT2D eigenvalue weighted by molar-refractivity contribution is -0.171. The molecule has 4 rings (SSSR count). The summed E-state index contributed by atoms with van der Waals surface area (Å²) in [4.78, 5) is 40.0. The van der Waals surface area contributed by atoms with Gasteiger partial charge in [-0.2, -0.15) is 0 Å². The summed E-state index contributed by atoms with van der Waals surface area (Å²) >= 11 is 1.37. The van der Waals surface area contributed by atoms with Crippen molar-refractivity contribution in [1.29, 1.82) is 0 Å². The van der Waals surface area contributed by atoms with Crippen molar-refractivity contribution in [1.82, 2.24) is 10.2 Å². The maximum absolute atomic E-state index is 13.0. The van der Waals surface area contributed by atoms with Gasteiger partial charge in [-0.3, -0.25) is 9.59 Å². The van der Waals surface area contributed by atoms with Crippen LogP contribution >= 0.6 is 11.8 Å². The topological polar surface area (TPSA) is 94.2 Å². The third-order valence-corrected chi connectivity index (χ3v) is 6.25. The third-order valence-electron chi connectivity index (χ3n) is 5.07. The molecule has 1 N–H and O–H groups in total. The molecule has 2 amide bonds. The second-order valence-corrected chi connectivity index (χ2v) is 9.60. The van der Waals surface area contributed by atoms with Crippen molar-refractivity contribution in [3.05, 3.63) is 46.9 Å². The van der Waals surface area contributed by atoms with Crippen molar-refractivity contribution in [2.24, 2.45) is 0 Å².